The summed E-state index contributed by atoms with van der Waals surface area (Å²) < 4.78 is 27.7. The summed E-state index contributed by atoms with van der Waals surface area (Å²) in [6.45, 7) is 1.20. The van der Waals surface area contributed by atoms with E-state index in [1.807, 2.05) is 0 Å². The fraction of sp³-hybridized carbons (Fsp3) is 0.389. The lowest BCUT2D eigenvalue weighted by atomic mass is 10.1. The molecule has 0 aliphatic rings. The van der Waals surface area contributed by atoms with Crippen LogP contribution in [0, 0.1) is 19.3 Å². The van der Waals surface area contributed by atoms with Gasteiger partial charge in [-0.25, -0.2) is 13.2 Å². The molecule has 0 heterocycles. The minimum Gasteiger partial charge on any atom is -0.454 e. The molecule has 1 aromatic rings. The number of esters is 1. The molecule has 1 rings (SSSR count). The maximum absolute atomic E-state index is 12.3. The number of nitrogens with one attached hydrogen (secondary N) is 2. The van der Waals surface area contributed by atoms with Crippen molar-refractivity contribution in [3.05, 3.63) is 35.4 Å². The van der Waals surface area contributed by atoms with Crippen LogP contribution < -0.4 is 10.6 Å². The summed E-state index contributed by atoms with van der Waals surface area (Å²) in [6.07, 6.45) is 5.84. The molecule has 146 valence electrons. The Hall–Kier alpha value is -2.86. The zero-order valence-electron chi connectivity index (χ0n) is 15.2. The molecule has 9 heteroatoms. The van der Waals surface area contributed by atoms with Crippen LogP contribution in [0.3, 0.4) is 0 Å². The van der Waals surface area contributed by atoms with Crippen LogP contribution in [-0.4, -0.2) is 57.4 Å². The van der Waals surface area contributed by atoms with E-state index in [0.29, 0.717) is 5.56 Å². The second-order valence-corrected chi connectivity index (χ2v) is 8.16. The normalized spacial score (nSPS) is 11.7. The third kappa shape index (κ3) is 8.87. The van der Waals surface area contributed by atoms with Gasteiger partial charge in [0.15, 0.2) is 6.61 Å². The van der Waals surface area contributed by atoms with E-state index in [9.17, 15) is 22.8 Å². The Morgan fingerprint density at radius 1 is 1.30 bits per heavy atom. The average Bonchev–Trinajstić information content (AvgIpc) is 2.60. The predicted molar refractivity (Wildman–Crippen MR) is 99.6 cm³/mol. The van der Waals surface area contributed by atoms with E-state index < -0.39 is 40.3 Å². The quantitative estimate of drug-likeness (QED) is 0.443. The van der Waals surface area contributed by atoms with E-state index in [1.165, 1.54) is 0 Å². The number of carbonyl (C=O) groups is 3. The van der Waals surface area contributed by atoms with Gasteiger partial charge in [0.1, 0.15) is 15.9 Å². The summed E-state index contributed by atoms with van der Waals surface area (Å²) in [6, 6.07) is 5.47. The lowest BCUT2D eigenvalue weighted by Crippen LogP contribution is -2.44. The average molecular weight is 394 g/mol. The van der Waals surface area contributed by atoms with Gasteiger partial charge < -0.3 is 15.4 Å². The van der Waals surface area contributed by atoms with Crippen molar-refractivity contribution in [3.63, 3.8) is 0 Å². The number of rotatable bonds is 9. The van der Waals surface area contributed by atoms with Gasteiger partial charge >= 0.3 is 5.97 Å². The Morgan fingerprint density at radius 2 is 2.00 bits per heavy atom. The van der Waals surface area contributed by atoms with E-state index >= 15 is 0 Å². The van der Waals surface area contributed by atoms with Gasteiger partial charge in [0, 0.05) is 11.8 Å². The monoisotopic (exact) mass is 394 g/mol. The van der Waals surface area contributed by atoms with Crippen LogP contribution in [0.1, 0.15) is 22.3 Å². The third-order valence-electron chi connectivity index (χ3n) is 3.38. The highest BCUT2D eigenvalue weighted by molar-refractivity contribution is 7.90. The molecule has 0 unspecified atom stereocenters. The van der Waals surface area contributed by atoms with Crippen LogP contribution in [0.5, 0.6) is 0 Å². The number of ether oxygens (including phenoxy) is 1. The molecule has 0 radical (unpaired) electrons. The first-order chi connectivity index (χ1) is 12.6. The van der Waals surface area contributed by atoms with Crippen LogP contribution in [0.15, 0.2) is 24.3 Å². The lowest BCUT2D eigenvalue weighted by molar-refractivity contribution is -0.150. The number of aryl methyl sites for hydroxylation is 1. The summed E-state index contributed by atoms with van der Waals surface area (Å²) in [5, 5.41) is 4.78. The van der Waals surface area contributed by atoms with E-state index in [1.54, 1.807) is 31.2 Å². The Labute approximate surface area is 158 Å². The van der Waals surface area contributed by atoms with Crippen molar-refractivity contribution in [3.8, 4) is 12.3 Å². The molecule has 0 fully saturated rings. The largest absolute Gasteiger partial charge is 0.454 e. The van der Waals surface area contributed by atoms with Crippen LogP contribution in [0.25, 0.3) is 0 Å². The molecule has 27 heavy (non-hydrogen) atoms. The van der Waals surface area contributed by atoms with Gasteiger partial charge in [0.2, 0.25) is 0 Å². The van der Waals surface area contributed by atoms with Crippen LogP contribution in [-0.2, 0) is 24.2 Å². The van der Waals surface area contributed by atoms with Crippen LogP contribution >= 0.6 is 0 Å². The first-order valence-electron chi connectivity index (χ1n) is 8.04. The highest BCUT2D eigenvalue weighted by atomic mass is 32.2. The molecular weight excluding hydrogens is 372 g/mol. The predicted octanol–water partition coefficient (Wildman–Crippen LogP) is -0.179. The van der Waals surface area contributed by atoms with Crippen molar-refractivity contribution in [1.29, 1.82) is 0 Å². The second kappa shape index (κ2) is 10.3. The van der Waals surface area contributed by atoms with E-state index in [4.69, 9.17) is 11.2 Å². The molecule has 1 aromatic carbocycles. The molecule has 0 aliphatic carbocycles. The minimum absolute atomic E-state index is 0.0159. The Kier molecular flexibility index (Phi) is 8.48. The molecule has 2 N–H and O–H groups in total. The molecule has 0 aromatic heterocycles. The van der Waals surface area contributed by atoms with E-state index in [2.05, 4.69) is 16.6 Å². The van der Waals surface area contributed by atoms with Gasteiger partial charge in [0.05, 0.1) is 12.3 Å². The Balaban J connectivity index is 2.79. The summed E-state index contributed by atoms with van der Waals surface area (Å²) >= 11 is 0. The van der Waals surface area contributed by atoms with Crippen molar-refractivity contribution in [2.45, 2.75) is 19.4 Å². The molecule has 0 saturated carbocycles. The van der Waals surface area contributed by atoms with Gasteiger partial charge in [-0.3, -0.25) is 9.59 Å². The SMILES string of the molecule is C#CCNC(=O)COC(=O)[C@@H](CCS(C)(=O)=O)NC(=O)c1cccc(C)c1. The summed E-state index contributed by atoms with van der Waals surface area (Å²) in [5.41, 5.74) is 1.17. The number of hydrogen-bond donors (Lipinski definition) is 2. The number of terminal acetylenes is 1. The topological polar surface area (TPSA) is 119 Å². The molecule has 2 amide bonds. The summed E-state index contributed by atoms with van der Waals surface area (Å²) in [5.74, 6) is -0.191. The van der Waals surface area contributed by atoms with Gasteiger partial charge in [-0.15, -0.1) is 6.42 Å². The van der Waals surface area contributed by atoms with E-state index in [-0.39, 0.29) is 18.7 Å². The van der Waals surface area contributed by atoms with Crippen molar-refractivity contribution >= 4 is 27.6 Å². The molecular formula is C18H22N2O6S. The Morgan fingerprint density at radius 3 is 2.59 bits per heavy atom. The first-order valence-corrected chi connectivity index (χ1v) is 10.1. The Bertz CT molecular complexity index is 842. The van der Waals surface area contributed by atoms with Crippen molar-refractivity contribution in [2.24, 2.45) is 0 Å². The number of amides is 2. The fourth-order valence-electron chi connectivity index (χ4n) is 2.05. The number of carbonyl (C=O) groups excluding carboxylic acids is 3. The molecule has 0 aliphatic heterocycles. The first kappa shape index (κ1) is 22.2. The van der Waals surface area contributed by atoms with Gasteiger partial charge in [-0.1, -0.05) is 23.6 Å². The van der Waals surface area contributed by atoms with Gasteiger partial charge in [0.25, 0.3) is 11.8 Å². The van der Waals surface area contributed by atoms with Crippen molar-refractivity contribution in [1.82, 2.24) is 10.6 Å². The minimum atomic E-state index is -3.36. The van der Waals surface area contributed by atoms with Gasteiger partial charge in [-0.2, -0.15) is 0 Å². The number of hydrogen-bond acceptors (Lipinski definition) is 6. The fourth-order valence-corrected chi connectivity index (χ4v) is 2.71. The zero-order valence-corrected chi connectivity index (χ0v) is 16.0. The second-order valence-electron chi connectivity index (χ2n) is 5.90. The van der Waals surface area contributed by atoms with Crippen molar-refractivity contribution < 1.29 is 27.5 Å². The smallest absolute Gasteiger partial charge is 0.329 e. The summed E-state index contributed by atoms with van der Waals surface area (Å²) in [4.78, 5) is 36.0. The molecule has 0 spiro atoms. The highest BCUT2D eigenvalue weighted by Crippen LogP contribution is 2.06. The molecule has 0 saturated heterocycles. The maximum atomic E-state index is 12.3. The highest BCUT2D eigenvalue weighted by Gasteiger charge is 2.25. The van der Waals surface area contributed by atoms with Gasteiger partial charge in [-0.05, 0) is 25.5 Å². The molecule has 1 atom stereocenters. The van der Waals surface area contributed by atoms with E-state index in [0.717, 1.165) is 11.8 Å². The summed E-state index contributed by atoms with van der Waals surface area (Å²) in [7, 11) is -3.36. The standard InChI is InChI=1S/C18H22N2O6S/c1-4-9-19-16(21)12-26-18(23)15(8-10-27(3,24)25)20-17(22)14-7-5-6-13(2)11-14/h1,5-7,11,15H,8-10,12H2,2-3H3,(H,19,21)(H,20,22)/t15-/m1/s1. The number of sulfone groups is 1. The van der Waals surface area contributed by atoms with Crippen LogP contribution in [0.2, 0.25) is 0 Å². The zero-order chi connectivity index (χ0) is 20.4. The van der Waals surface area contributed by atoms with Crippen molar-refractivity contribution in [2.75, 3.05) is 25.2 Å². The number of benzene rings is 1. The molecule has 0 bridgehead atoms. The third-order valence-corrected chi connectivity index (χ3v) is 4.36. The lowest BCUT2D eigenvalue weighted by Gasteiger charge is -2.17. The van der Waals surface area contributed by atoms with Crippen LogP contribution in [0.4, 0.5) is 0 Å². The maximum Gasteiger partial charge on any atom is 0.329 e. The molecule has 8 nitrogen and oxygen atoms in total.